The minimum absolute atomic E-state index is 0.0735. The molecule has 3 fully saturated rings. The van der Waals surface area contributed by atoms with Crippen molar-refractivity contribution in [2.24, 2.45) is 0 Å². The van der Waals surface area contributed by atoms with Crippen LogP contribution in [0.15, 0.2) is 29.9 Å². The molecule has 0 unspecified atom stereocenters. The summed E-state index contributed by atoms with van der Waals surface area (Å²) in [5, 5.41) is 2.18. The summed E-state index contributed by atoms with van der Waals surface area (Å²) >= 11 is 1.42. The van der Waals surface area contributed by atoms with Crippen LogP contribution in [0.3, 0.4) is 0 Å². The van der Waals surface area contributed by atoms with Crippen molar-refractivity contribution in [2.45, 2.75) is 43.0 Å². The SMILES string of the molecule is O=C(c1csc(-c2cccnc2)n1)N1CC[C@@H]2[C@H]1CCN2S(=O)(=O)C1CCOCC1. The Kier molecular flexibility index (Phi) is 5.34. The molecule has 0 radical (unpaired) electrons. The Labute approximate surface area is 179 Å². The highest BCUT2D eigenvalue weighted by molar-refractivity contribution is 7.89. The number of ether oxygens (including phenoxy) is 1. The lowest BCUT2D eigenvalue weighted by Gasteiger charge is -2.30. The summed E-state index contributed by atoms with van der Waals surface area (Å²) in [5.41, 5.74) is 1.31. The number of rotatable bonds is 4. The van der Waals surface area contributed by atoms with E-state index in [-0.39, 0.29) is 23.2 Å². The third-order valence-electron chi connectivity index (χ3n) is 6.33. The van der Waals surface area contributed by atoms with E-state index in [1.807, 2.05) is 17.0 Å². The Hall–Kier alpha value is -1.88. The Bertz CT molecular complexity index is 1020. The highest BCUT2D eigenvalue weighted by Gasteiger charge is 2.50. The monoisotopic (exact) mass is 448 g/mol. The van der Waals surface area contributed by atoms with Gasteiger partial charge in [0, 0.05) is 55.7 Å². The Morgan fingerprint density at radius 3 is 2.70 bits per heavy atom. The number of carbonyl (C=O) groups excluding carboxylic acids is 1. The van der Waals surface area contributed by atoms with Crippen molar-refractivity contribution in [1.82, 2.24) is 19.2 Å². The summed E-state index contributed by atoms with van der Waals surface area (Å²) in [5.74, 6) is -0.112. The lowest BCUT2D eigenvalue weighted by atomic mass is 10.1. The fraction of sp³-hybridized carbons (Fsp3) is 0.550. The van der Waals surface area contributed by atoms with E-state index >= 15 is 0 Å². The van der Waals surface area contributed by atoms with Crippen LogP contribution in [0, 0.1) is 0 Å². The molecule has 0 N–H and O–H groups in total. The molecule has 2 aromatic heterocycles. The smallest absolute Gasteiger partial charge is 0.273 e. The summed E-state index contributed by atoms with van der Waals surface area (Å²) in [6, 6.07) is 3.56. The van der Waals surface area contributed by atoms with Gasteiger partial charge in [0.05, 0.1) is 11.3 Å². The Morgan fingerprint density at radius 2 is 1.93 bits per heavy atom. The maximum absolute atomic E-state index is 13.2. The molecule has 5 heterocycles. The lowest BCUT2D eigenvalue weighted by molar-refractivity contribution is 0.0730. The van der Waals surface area contributed by atoms with Crippen molar-refractivity contribution in [3.8, 4) is 10.6 Å². The second kappa shape index (κ2) is 7.99. The van der Waals surface area contributed by atoms with Crippen LogP contribution in [0.4, 0.5) is 0 Å². The fourth-order valence-corrected chi connectivity index (χ4v) is 7.76. The number of fused-ring (bicyclic) bond motifs is 1. The summed E-state index contributed by atoms with van der Waals surface area (Å²) < 4.78 is 33.4. The first-order valence-electron chi connectivity index (χ1n) is 10.3. The molecule has 2 atom stereocenters. The van der Waals surface area contributed by atoms with Gasteiger partial charge in [0.25, 0.3) is 5.91 Å². The molecule has 0 bridgehead atoms. The van der Waals surface area contributed by atoms with Gasteiger partial charge in [0.15, 0.2) is 0 Å². The standard InChI is InChI=1S/C20H24N4O4S2/c25-20(16-13-29-19(22-16)14-2-1-7-21-12-14)23-8-3-18-17(23)4-9-24(18)30(26,27)15-5-10-28-11-6-15/h1-2,7,12-13,15,17-18H,3-6,8-11H2/t17-,18-/m1/s1. The number of likely N-dealkylation sites (tertiary alicyclic amines) is 1. The van der Waals surface area contributed by atoms with Gasteiger partial charge in [-0.3, -0.25) is 9.78 Å². The minimum atomic E-state index is -3.37. The third kappa shape index (κ3) is 3.45. The molecule has 0 saturated carbocycles. The first kappa shape index (κ1) is 20.0. The second-order valence-corrected chi connectivity index (χ2v) is 11.0. The van der Waals surface area contributed by atoms with Crippen LogP contribution in [0.2, 0.25) is 0 Å². The minimum Gasteiger partial charge on any atom is -0.381 e. The first-order valence-corrected chi connectivity index (χ1v) is 12.7. The number of aromatic nitrogens is 2. The van der Waals surface area contributed by atoms with E-state index in [4.69, 9.17) is 4.74 Å². The van der Waals surface area contributed by atoms with Crippen LogP contribution < -0.4 is 0 Å². The number of amides is 1. The molecular formula is C20H24N4O4S2. The molecule has 3 saturated heterocycles. The van der Waals surface area contributed by atoms with Gasteiger partial charge in [0.2, 0.25) is 10.0 Å². The molecule has 160 valence electrons. The second-order valence-electron chi connectivity index (χ2n) is 7.96. The molecule has 0 spiro atoms. The molecule has 5 rings (SSSR count). The normalized spacial score (nSPS) is 25.5. The predicted octanol–water partition coefficient (Wildman–Crippen LogP) is 2.00. The number of hydrogen-bond acceptors (Lipinski definition) is 7. The number of pyridine rings is 1. The van der Waals surface area contributed by atoms with Crippen molar-refractivity contribution in [1.29, 1.82) is 0 Å². The molecule has 10 heteroatoms. The molecular weight excluding hydrogens is 424 g/mol. The molecule has 0 aliphatic carbocycles. The zero-order chi connectivity index (χ0) is 20.7. The van der Waals surface area contributed by atoms with E-state index in [0.717, 1.165) is 10.6 Å². The van der Waals surface area contributed by atoms with Gasteiger partial charge in [-0.1, -0.05) is 0 Å². The Morgan fingerprint density at radius 1 is 1.13 bits per heavy atom. The van der Waals surface area contributed by atoms with Gasteiger partial charge < -0.3 is 9.64 Å². The van der Waals surface area contributed by atoms with Crippen LogP contribution in [0.25, 0.3) is 10.6 Å². The fourth-order valence-electron chi connectivity index (χ4n) is 4.82. The van der Waals surface area contributed by atoms with Crippen LogP contribution in [-0.4, -0.2) is 77.1 Å². The van der Waals surface area contributed by atoms with Crippen molar-refractivity contribution in [3.05, 3.63) is 35.6 Å². The van der Waals surface area contributed by atoms with Crippen molar-refractivity contribution < 1.29 is 17.9 Å². The first-order chi connectivity index (χ1) is 14.6. The van der Waals surface area contributed by atoms with E-state index in [1.165, 1.54) is 11.3 Å². The topological polar surface area (TPSA) is 92.7 Å². The van der Waals surface area contributed by atoms with Crippen LogP contribution in [-0.2, 0) is 14.8 Å². The lowest BCUT2D eigenvalue weighted by Crippen LogP contribution is -2.46. The maximum Gasteiger partial charge on any atom is 0.273 e. The van der Waals surface area contributed by atoms with Crippen LogP contribution in [0.5, 0.6) is 0 Å². The van der Waals surface area contributed by atoms with E-state index in [1.54, 1.807) is 22.1 Å². The van der Waals surface area contributed by atoms with Crippen LogP contribution >= 0.6 is 11.3 Å². The summed E-state index contributed by atoms with van der Waals surface area (Å²) in [4.78, 5) is 23.6. The number of sulfonamides is 1. The molecule has 2 aromatic rings. The van der Waals surface area contributed by atoms with Gasteiger partial charge >= 0.3 is 0 Å². The average Bonchev–Trinajstić information content (AvgIpc) is 3.51. The highest BCUT2D eigenvalue weighted by Crippen LogP contribution is 2.37. The zero-order valence-electron chi connectivity index (χ0n) is 16.5. The number of carbonyl (C=O) groups is 1. The van der Waals surface area contributed by atoms with Crippen molar-refractivity contribution >= 4 is 27.3 Å². The van der Waals surface area contributed by atoms with E-state index in [0.29, 0.717) is 57.7 Å². The largest absolute Gasteiger partial charge is 0.381 e. The van der Waals surface area contributed by atoms with E-state index in [2.05, 4.69) is 9.97 Å². The van der Waals surface area contributed by atoms with Gasteiger partial charge in [-0.2, -0.15) is 4.31 Å². The number of nitrogens with zero attached hydrogens (tertiary/aromatic N) is 4. The summed E-state index contributed by atoms with van der Waals surface area (Å²) in [7, 11) is -3.37. The molecule has 8 nitrogen and oxygen atoms in total. The summed E-state index contributed by atoms with van der Waals surface area (Å²) in [6.45, 7) is 2.05. The average molecular weight is 449 g/mol. The third-order valence-corrected chi connectivity index (χ3v) is 9.65. The van der Waals surface area contributed by atoms with Gasteiger partial charge in [-0.25, -0.2) is 13.4 Å². The quantitative estimate of drug-likeness (QED) is 0.710. The van der Waals surface area contributed by atoms with Gasteiger partial charge in [-0.05, 0) is 37.8 Å². The number of thiazole rings is 1. The van der Waals surface area contributed by atoms with Gasteiger partial charge in [0.1, 0.15) is 10.7 Å². The van der Waals surface area contributed by atoms with Crippen molar-refractivity contribution in [2.75, 3.05) is 26.3 Å². The highest BCUT2D eigenvalue weighted by atomic mass is 32.2. The molecule has 3 aliphatic rings. The van der Waals surface area contributed by atoms with E-state index < -0.39 is 10.0 Å². The molecule has 1 amide bonds. The molecule has 0 aromatic carbocycles. The predicted molar refractivity (Wildman–Crippen MR) is 113 cm³/mol. The number of hydrogen-bond donors (Lipinski definition) is 0. The molecule has 30 heavy (non-hydrogen) atoms. The zero-order valence-corrected chi connectivity index (χ0v) is 18.1. The Balaban J connectivity index is 1.31. The maximum atomic E-state index is 13.2. The van der Waals surface area contributed by atoms with Crippen LogP contribution in [0.1, 0.15) is 36.2 Å². The van der Waals surface area contributed by atoms with E-state index in [9.17, 15) is 13.2 Å². The molecule has 3 aliphatic heterocycles. The van der Waals surface area contributed by atoms with Crippen molar-refractivity contribution in [3.63, 3.8) is 0 Å². The summed E-state index contributed by atoms with van der Waals surface area (Å²) in [6.07, 6.45) is 5.89. The van der Waals surface area contributed by atoms with Gasteiger partial charge in [-0.15, -0.1) is 11.3 Å².